The molecule has 1 saturated carbocycles. The van der Waals surface area contributed by atoms with Gasteiger partial charge in [-0.2, -0.15) is 0 Å². The summed E-state index contributed by atoms with van der Waals surface area (Å²) < 4.78 is 27.9. The van der Waals surface area contributed by atoms with Gasteiger partial charge >= 0.3 is 5.97 Å². The Morgan fingerprint density at radius 1 is 1.38 bits per heavy atom. The van der Waals surface area contributed by atoms with Crippen molar-refractivity contribution in [3.8, 4) is 0 Å². The fraction of sp³-hybridized carbons (Fsp3) is 0.389. The number of nitrogens with zero attached hydrogens (tertiary/aromatic N) is 1. The van der Waals surface area contributed by atoms with Crippen LogP contribution in [0.3, 0.4) is 0 Å². The Morgan fingerprint density at radius 3 is 2.54 bits per heavy atom. The molecule has 5 nitrogen and oxygen atoms in total. The number of carboxylic acids is 1. The van der Waals surface area contributed by atoms with E-state index in [1.807, 2.05) is 18.4 Å². The number of hydrogen-bond donors (Lipinski definition) is 1. The van der Waals surface area contributed by atoms with E-state index in [1.54, 1.807) is 18.3 Å². The number of fused-ring (bicyclic) bond motifs is 1. The maximum Gasteiger partial charge on any atom is 0.336 e. The monoisotopic (exact) mass is 347 g/mol. The molecule has 1 aromatic heterocycles. The van der Waals surface area contributed by atoms with Crippen molar-refractivity contribution in [2.75, 3.05) is 0 Å². The number of aromatic carboxylic acids is 1. The lowest BCUT2D eigenvalue weighted by molar-refractivity contribution is 0.0699. The zero-order chi connectivity index (χ0) is 17.6. The van der Waals surface area contributed by atoms with Crippen LogP contribution in [0.15, 0.2) is 41.9 Å². The summed E-state index contributed by atoms with van der Waals surface area (Å²) in [4.78, 5) is 11.7. The van der Waals surface area contributed by atoms with Gasteiger partial charge in [-0.05, 0) is 50.8 Å². The molecule has 1 heterocycles. The third kappa shape index (κ3) is 2.65. The summed E-state index contributed by atoms with van der Waals surface area (Å²) in [5.41, 5.74) is 0.645. The Labute approximate surface area is 141 Å². The predicted molar refractivity (Wildman–Crippen MR) is 93.2 cm³/mol. The summed E-state index contributed by atoms with van der Waals surface area (Å²) in [5, 5.41) is 9.41. The van der Waals surface area contributed by atoms with Crippen molar-refractivity contribution in [2.45, 2.75) is 42.9 Å². The van der Waals surface area contributed by atoms with Gasteiger partial charge in [0.25, 0.3) is 0 Å². The van der Waals surface area contributed by atoms with Gasteiger partial charge < -0.3 is 9.67 Å². The van der Waals surface area contributed by atoms with Gasteiger partial charge in [-0.1, -0.05) is 6.08 Å². The topological polar surface area (TPSA) is 76.4 Å². The molecule has 2 aromatic rings. The average molecular weight is 347 g/mol. The lowest BCUT2D eigenvalue weighted by atomic mass is 10.1. The van der Waals surface area contributed by atoms with Crippen molar-refractivity contribution in [3.05, 3.63) is 42.6 Å². The maximum atomic E-state index is 13.0. The molecule has 0 amide bonds. The highest BCUT2D eigenvalue weighted by atomic mass is 32.2. The van der Waals surface area contributed by atoms with Crippen LogP contribution in [0.1, 0.15) is 43.1 Å². The van der Waals surface area contributed by atoms with E-state index in [-0.39, 0.29) is 22.4 Å². The first-order valence-corrected chi connectivity index (χ1v) is 9.56. The highest BCUT2D eigenvalue weighted by Gasteiger charge is 2.39. The maximum absolute atomic E-state index is 13.0. The molecule has 1 unspecified atom stereocenters. The van der Waals surface area contributed by atoms with Crippen LogP contribution < -0.4 is 0 Å². The second-order valence-electron chi connectivity index (χ2n) is 6.61. The summed E-state index contributed by atoms with van der Waals surface area (Å²) >= 11 is 0. The molecule has 1 aliphatic carbocycles. The minimum Gasteiger partial charge on any atom is -0.478 e. The van der Waals surface area contributed by atoms with Gasteiger partial charge in [-0.25, -0.2) is 13.2 Å². The Balaban J connectivity index is 2.26. The summed E-state index contributed by atoms with van der Waals surface area (Å²) in [6.45, 7) is 7.61. The highest BCUT2D eigenvalue weighted by Crippen LogP contribution is 2.40. The smallest absolute Gasteiger partial charge is 0.336 e. The van der Waals surface area contributed by atoms with Crippen LogP contribution >= 0.6 is 0 Å². The number of hydrogen-bond acceptors (Lipinski definition) is 3. The Morgan fingerprint density at radius 2 is 2.04 bits per heavy atom. The van der Waals surface area contributed by atoms with Crippen molar-refractivity contribution in [3.63, 3.8) is 0 Å². The molecule has 1 fully saturated rings. The predicted octanol–water partition coefficient (Wildman–Crippen LogP) is 3.66. The van der Waals surface area contributed by atoms with Crippen LogP contribution in [0.2, 0.25) is 0 Å². The second-order valence-corrected chi connectivity index (χ2v) is 8.71. The highest BCUT2D eigenvalue weighted by molar-refractivity contribution is 7.92. The molecule has 1 aromatic carbocycles. The molecule has 0 spiro atoms. The van der Waals surface area contributed by atoms with Gasteiger partial charge in [0.1, 0.15) is 0 Å². The Kier molecular flexibility index (Phi) is 4.03. The third-order valence-corrected chi connectivity index (χ3v) is 6.79. The Bertz CT molecular complexity index is 920. The Hall–Kier alpha value is -2.08. The minimum atomic E-state index is -3.65. The molecule has 24 heavy (non-hydrogen) atoms. The summed E-state index contributed by atoms with van der Waals surface area (Å²) in [6.07, 6.45) is 5.00. The van der Waals surface area contributed by atoms with Crippen LogP contribution in [0.4, 0.5) is 0 Å². The fourth-order valence-corrected chi connectivity index (χ4v) is 5.09. The quantitative estimate of drug-likeness (QED) is 0.809. The first kappa shape index (κ1) is 16.8. The minimum absolute atomic E-state index is 0.0177. The van der Waals surface area contributed by atoms with E-state index < -0.39 is 21.1 Å². The molecule has 3 rings (SSSR count). The van der Waals surface area contributed by atoms with Crippen molar-refractivity contribution < 1.29 is 18.3 Å². The molecular formula is C18H21NO4S. The van der Waals surface area contributed by atoms with Crippen molar-refractivity contribution in [2.24, 2.45) is 5.92 Å². The summed E-state index contributed by atoms with van der Waals surface area (Å²) in [7, 11) is -3.65. The number of rotatable bonds is 6. The molecule has 1 aliphatic rings. The molecule has 6 heteroatoms. The number of benzene rings is 1. The number of carboxylic acid groups (broad SMARTS) is 1. The van der Waals surface area contributed by atoms with Crippen LogP contribution in [0, 0.1) is 5.92 Å². The molecule has 1 N–H and O–H groups in total. The van der Waals surface area contributed by atoms with Crippen LogP contribution in [0.25, 0.3) is 10.9 Å². The molecule has 0 aliphatic heterocycles. The zero-order valence-electron chi connectivity index (χ0n) is 13.8. The number of carbonyl (C=O) groups is 1. The van der Waals surface area contributed by atoms with E-state index in [4.69, 9.17) is 0 Å². The van der Waals surface area contributed by atoms with Gasteiger partial charge in [0.2, 0.25) is 0 Å². The number of sulfone groups is 1. The molecule has 128 valence electrons. The molecule has 1 atom stereocenters. The van der Waals surface area contributed by atoms with E-state index in [2.05, 4.69) is 6.58 Å². The standard InChI is InChI=1S/C18H21NO4S/c1-4-17(12-5-6-12)24(22,23)13-9-15(18(20)21)14-7-8-19(11(2)3)16(14)10-13/h4,7-12,17H,1,5-6H2,2-3H3,(H,20,21). The van der Waals surface area contributed by atoms with E-state index in [0.717, 1.165) is 12.8 Å². The summed E-state index contributed by atoms with van der Waals surface area (Å²) in [5.74, 6) is -1.03. The van der Waals surface area contributed by atoms with Gasteiger partial charge in [0, 0.05) is 17.6 Å². The van der Waals surface area contributed by atoms with Gasteiger partial charge in [-0.15, -0.1) is 6.58 Å². The fourth-order valence-electron chi connectivity index (χ4n) is 3.18. The van der Waals surface area contributed by atoms with E-state index in [0.29, 0.717) is 10.9 Å². The molecule has 0 saturated heterocycles. The average Bonchev–Trinajstić information content (AvgIpc) is 3.23. The normalized spacial score (nSPS) is 16.5. The second kappa shape index (κ2) is 5.77. The molecular weight excluding hydrogens is 326 g/mol. The first-order valence-electron chi connectivity index (χ1n) is 8.01. The van der Waals surface area contributed by atoms with Crippen molar-refractivity contribution in [1.29, 1.82) is 0 Å². The SMILES string of the molecule is C=CC(C1CC1)S(=O)(=O)c1cc(C(=O)O)c2ccn(C(C)C)c2c1. The molecule has 0 bridgehead atoms. The van der Waals surface area contributed by atoms with Crippen LogP contribution in [-0.2, 0) is 9.84 Å². The van der Waals surface area contributed by atoms with E-state index in [1.165, 1.54) is 12.1 Å². The van der Waals surface area contributed by atoms with E-state index >= 15 is 0 Å². The van der Waals surface area contributed by atoms with Crippen molar-refractivity contribution in [1.82, 2.24) is 4.57 Å². The first-order chi connectivity index (χ1) is 11.3. The third-order valence-electron chi connectivity index (χ3n) is 4.60. The lowest BCUT2D eigenvalue weighted by Crippen LogP contribution is -2.21. The zero-order valence-corrected chi connectivity index (χ0v) is 14.6. The van der Waals surface area contributed by atoms with Crippen molar-refractivity contribution >= 4 is 26.7 Å². The van der Waals surface area contributed by atoms with Gasteiger partial charge in [0.15, 0.2) is 9.84 Å². The van der Waals surface area contributed by atoms with Crippen LogP contribution in [-0.4, -0.2) is 29.3 Å². The van der Waals surface area contributed by atoms with Gasteiger partial charge in [0.05, 0.1) is 21.2 Å². The van der Waals surface area contributed by atoms with E-state index in [9.17, 15) is 18.3 Å². The largest absolute Gasteiger partial charge is 0.478 e. The van der Waals surface area contributed by atoms with Gasteiger partial charge in [-0.3, -0.25) is 0 Å². The lowest BCUT2D eigenvalue weighted by Gasteiger charge is -2.15. The summed E-state index contributed by atoms with van der Waals surface area (Å²) in [6, 6.07) is 4.70. The van der Waals surface area contributed by atoms with Crippen LogP contribution in [0.5, 0.6) is 0 Å². The number of aromatic nitrogens is 1. The molecule has 0 radical (unpaired) electrons.